The van der Waals surface area contributed by atoms with Crippen LogP contribution in [0.5, 0.6) is 0 Å². The SMILES string of the molecule is COC(=O)c1cccc(N2CCN(C(=O)Nc3ccc(F)c(F)c3F)CC2)c1. The van der Waals surface area contributed by atoms with Crippen molar-refractivity contribution < 1.29 is 27.5 Å². The fourth-order valence-corrected chi connectivity index (χ4v) is 2.93. The number of nitrogens with zero attached hydrogens (tertiary/aromatic N) is 2. The van der Waals surface area contributed by atoms with E-state index < -0.39 is 35.1 Å². The summed E-state index contributed by atoms with van der Waals surface area (Å²) in [5, 5.41) is 2.26. The number of hydrogen-bond acceptors (Lipinski definition) is 4. The number of piperazine rings is 1. The number of methoxy groups -OCH3 is 1. The minimum atomic E-state index is -1.63. The highest BCUT2D eigenvalue weighted by Crippen LogP contribution is 2.22. The molecule has 0 aromatic heterocycles. The van der Waals surface area contributed by atoms with Crippen LogP contribution in [0.3, 0.4) is 0 Å². The number of benzene rings is 2. The van der Waals surface area contributed by atoms with E-state index in [4.69, 9.17) is 4.74 Å². The number of carbonyl (C=O) groups excluding carboxylic acids is 2. The summed E-state index contributed by atoms with van der Waals surface area (Å²) in [7, 11) is 1.31. The second kappa shape index (κ2) is 8.20. The minimum absolute atomic E-state index is 0.333. The predicted molar refractivity (Wildman–Crippen MR) is 96.9 cm³/mol. The molecule has 0 unspecified atom stereocenters. The van der Waals surface area contributed by atoms with Gasteiger partial charge in [0.15, 0.2) is 17.5 Å². The predicted octanol–water partition coefficient (Wildman–Crippen LogP) is 3.24. The molecule has 0 aliphatic carbocycles. The minimum Gasteiger partial charge on any atom is -0.465 e. The molecule has 0 spiro atoms. The summed E-state index contributed by atoms with van der Waals surface area (Å²) >= 11 is 0. The highest BCUT2D eigenvalue weighted by molar-refractivity contribution is 5.91. The van der Waals surface area contributed by atoms with Gasteiger partial charge in [0.25, 0.3) is 0 Å². The Morgan fingerprint density at radius 2 is 1.71 bits per heavy atom. The van der Waals surface area contributed by atoms with Crippen molar-refractivity contribution in [3.05, 3.63) is 59.4 Å². The van der Waals surface area contributed by atoms with Crippen molar-refractivity contribution in [2.24, 2.45) is 0 Å². The summed E-state index contributed by atoms with van der Waals surface area (Å²) in [6.45, 7) is 1.63. The molecule has 1 aliphatic heterocycles. The fourth-order valence-electron chi connectivity index (χ4n) is 2.93. The van der Waals surface area contributed by atoms with Gasteiger partial charge >= 0.3 is 12.0 Å². The maximum Gasteiger partial charge on any atom is 0.337 e. The van der Waals surface area contributed by atoms with Gasteiger partial charge in [-0.1, -0.05) is 6.07 Å². The molecular formula is C19H18F3N3O3. The van der Waals surface area contributed by atoms with E-state index in [0.29, 0.717) is 31.7 Å². The third-order valence-corrected chi connectivity index (χ3v) is 4.48. The van der Waals surface area contributed by atoms with E-state index in [2.05, 4.69) is 5.32 Å². The molecule has 0 radical (unpaired) electrons. The summed E-state index contributed by atoms with van der Waals surface area (Å²) in [6.07, 6.45) is 0. The normalized spacial score (nSPS) is 14.0. The van der Waals surface area contributed by atoms with Crippen molar-refractivity contribution >= 4 is 23.4 Å². The zero-order valence-corrected chi connectivity index (χ0v) is 15.0. The Kier molecular flexibility index (Phi) is 5.72. The van der Waals surface area contributed by atoms with Gasteiger partial charge < -0.3 is 19.9 Å². The average Bonchev–Trinajstić information content (AvgIpc) is 2.73. The molecule has 0 bridgehead atoms. The van der Waals surface area contributed by atoms with Gasteiger partial charge in [-0.15, -0.1) is 0 Å². The van der Waals surface area contributed by atoms with Crippen LogP contribution in [0.15, 0.2) is 36.4 Å². The standard InChI is InChI=1S/C19H18F3N3O3/c1-28-18(26)12-3-2-4-13(11-12)24-7-9-25(10-8-24)19(27)23-15-6-5-14(20)16(21)17(15)22/h2-6,11H,7-10H2,1H3,(H,23,27). The Morgan fingerprint density at radius 3 is 2.39 bits per heavy atom. The number of rotatable bonds is 3. The van der Waals surface area contributed by atoms with Gasteiger partial charge in [-0.3, -0.25) is 0 Å². The van der Waals surface area contributed by atoms with E-state index in [9.17, 15) is 22.8 Å². The van der Waals surface area contributed by atoms with Crippen LogP contribution in [0.4, 0.5) is 29.3 Å². The number of halogens is 3. The van der Waals surface area contributed by atoms with E-state index in [1.807, 2.05) is 11.0 Å². The van der Waals surface area contributed by atoms with E-state index in [1.165, 1.54) is 12.0 Å². The third-order valence-electron chi connectivity index (χ3n) is 4.48. The Bertz CT molecular complexity index is 899. The second-order valence-electron chi connectivity index (χ2n) is 6.17. The lowest BCUT2D eigenvalue weighted by atomic mass is 10.1. The topological polar surface area (TPSA) is 61.9 Å². The first-order valence-electron chi connectivity index (χ1n) is 8.53. The van der Waals surface area contributed by atoms with Crippen molar-refractivity contribution in [2.45, 2.75) is 0 Å². The van der Waals surface area contributed by atoms with Crippen LogP contribution in [0.2, 0.25) is 0 Å². The monoisotopic (exact) mass is 393 g/mol. The zero-order valence-electron chi connectivity index (χ0n) is 15.0. The van der Waals surface area contributed by atoms with Crippen LogP contribution in [0, 0.1) is 17.5 Å². The molecule has 2 aromatic rings. The van der Waals surface area contributed by atoms with Gasteiger partial charge in [0.1, 0.15) is 0 Å². The van der Waals surface area contributed by atoms with Crippen LogP contribution >= 0.6 is 0 Å². The average molecular weight is 393 g/mol. The Balaban J connectivity index is 1.62. The van der Waals surface area contributed by atoms with Crippen LogP contribution in [0.25, 0.3) is 0 Å². The van der Waals surface area contributed by atoms with Crippen LogP contribution in [-0.4, -0.2) is 50.2 Å². The number of urea groups is 1. The number of hydrogen-bond donors (Lipinski definition) is 1. The number of carbonyl (C=O) groups is 2. The smallest absolute Gasteiger partial charge is 0.337 e. The third kappa shape index (κ3) is 4.03. The highest BCUT2D eigenvalue weighted by atomic mass is 19.2. The molecule has 28 heavy (non-hydrogen) atoms. The number of anilines is 2. The lowest BCUT2D eigenvalue weighted by molar-refractivity contribution is 0.0600. The molecular weight excluding hydrogens is 375 g/mol. The molecule has 1 aliphatic rings. The zero-order chi connectivity index (χ0) is 20.3. The Morgan fingerprint density at radius 1 is 1.00 bits per heavy atom. The van der Waals surface area contributed by atoms with E-state index in [-0.39, 0.29) is 0 Å². The van der Waals surface area contributed by atoms with Crippen molar-refractivity contribution in [3.63, 3.8) is 0 Å². The maximum atomic E-state index is 13.7. The van der Waals surface area contributed by atoms with Gasteiger partial charge in [0.05, 0.1) is 18.4 Å². The lowest BCUT2D eigenvalue weighted by Crippen LogP contribution is -2.50. The second-order valence-corrected chi connectivity index (χ2v) is 6.17. The molecule has 2 amide bonds. The molecule has 1 saturated heterocycles. The van der Waals surface area contributed by atoms with Crippen molar-refractivity contribution in [3.8, 4) is 0 Å². The van der Waals surface area contributed by atoms with Gasteiger partial charge in [-0.05, 0) is 30.3 Å². The summed E-state index contributed by atoms with van der Waals surface area (Å²) in [4.78, 5) is 27.4. The molecule has 1 N–H and O–H groups in total. The molecule has 3 rings (SSSR count). The first kappa shape index (κ1) is 19.5. The van der Waals surface area contributed by atoms with Gasteiger partial charge in [0, 0.05) is 31.9 Å². The first-order chi connectivity index (χ1) is 13.4. The molecule has 1 fully saturated rings. The summed E-state index contributed by atoms with van der Waals surface area (Å²) in [5.41, 5.74) is 0.820. The number of nitrogens with one attached hydrogen (secondary N) is 1. The number of esters is 1. The molecule has 6 nitrogen and oxygen atoms in total. The molecule has 148 valence electrons. The molecule has 9 heteroatoms. The summed E-state index contributed by atoms with van der Waals surface area (Å²) in [5.74, 6) is -4.83. The van der Waals surface area contributed by atoms with Crippen LogP contribution in [0.1, 0.15) is 10.4 Å². The summed E-state index contributed by atoms with van der Waals surface area (Å²) in [6, 6.07) is 8.06. The summed E-state index contributed by atoms with van der Waals surface area (Å²) < 4.78 is 44.7. The Hall–Kier alpha value is -3.23. The van der Waals surface area contributed by atoms with E-state index in [0.717, 1.165) is 17.8 Å². The highest BCUT2D eigenvalue weighted by Gasteiger charge is 2.23. The Labute approximate surface area is 159 Å². The quantitative estimate of drug-likeness (QED) is 0.643. The van der Waals surface area contributed by atoms with E-state index >= 15 is 0 Å². The molecule has 2 aromatic carbocycles. The van der Waals surface area contributed by atoms with Crippen LogP contribution < -0.4 is 10.2 Å². The number of amides is 2. The van der Waals surface area contributed by atoms with Gasteiger partial charge in [-0.25, -0.2) is 22.8 Å². The first-order valence-corrected chi connectivity index (χ1v) is 8.53. The van der Waals surface area contributed by atoms with Crippen molar-refractivity contribution in [1.29, 1.82) is 0 Å². The molecule has 1 heterocycles. The van der Waals surface area contributed by atoms with Crippen molar-refractivity contribution in [2.75, 3.05) is 43.5 Å². The van der Waals surface area contributed by atoms with E-state index in [1.54, 1.807) is 18.2 Å². The fraction of sp³-hybridized carbons (Fsp3) is 0.263. The van der Waals surface area contributed by atoms with Gasteiger partial charge in [0.2, 0.25) is 0 Å². The van der Waals surface area contributed by atoms with Crippen LogP contribution in [-0.2, 0) is 4.74 Å². The largest absolute Gasteiger partial charge is 0.465 e. The molecule has 0 atom stereocenters. The maximum absolute atomic E-state index is 13.7. The van der Waals surface area contributed by atoms with Crippen molar-refractivity contribution in [1.82, 2.24) is 4.90 Å². The lowest BCUT2D eigenvalue weighted by Gasteiger charge is -2.36. The number of ether oxygens (including phenoxy) is 1. The molecule has 0 saturated carbocycles. The van der Waals surface area contributed by atoms with Gasteiger partial charge in [-0.2, -0.15) is 0 Å².